The Labute approximate surface area is 127 Å². The fourth-order valence-electron chi connectivity index (χ4n) is 2.18. The molecule has 0 saturated heterocycles. The van der Waals surface area contributed by atoms with Gasteiger partial charge in [0.2, 0.25) is 0 Å². The summed E-state index contributed by atoms with van der Waals surface area (Å²) in [6.07, 6.45) is -4.19. The summed E-state index contributed by atoms with van der Waals surface area (Å²) in [5.74, 6) is -1.89. The van der Waals surface area contributed by atoms with Crippen molar-refractivity contribution >= 4 is 5.97 Å². The number of carboxylic acid groups (broad SMARTS) is 1. The van der Waals surface area contributed by atoms with Gasteiger partial charge in [0.25, 0.3) is 0 Å². The van der Waals surface area contributed by atoms with E-state index in [1.54, 1.807) is 0 Å². The van der Waals surface area contributed by atoms with E-state index < -0.39 is 23.5 Å². The van der Waals surface area contributed by atoms with Crippen LogP contribution in [-0.2, 0) is 6.18 Å². The molecule has 0 radical (unpaired) electrons. The van der Waals surface area contributed by atoms with Crippen LogP contribution in [0.25, 0.3) is 11.3 Å². The number of halogens is 3. The highest BCUT2D eigenvalue weighted by atomic mass is 19.4. The van der Waals surface area contributed by atoms with Gasteiger partial charge in [0.1, 0.15) is 5.56 Å². The average molecular weight is 329 g/mol. The summed E-state index contributed by atoms with van der Waals surface area (Å²) in [5.41, 5.74) is -1.17. The van der Waals surface area contributed by atoms with Gasteiger partial charge in [-0.1, -0.05) is 5.16 Å². The molecule has 2 heterocycles. The van der Waals surface area contributed by atoms with Crippen LogP contribution in [0.1, 0.15) is 22.5 Å². The maximum atomic E-state index is 13.1. The third kappa shape index (κ3) is 2.81. The van der Waals surface area contributed by atoms with Crippen molar-refractivity contribution in [3.05, 3.63) is 29.5 Å². The van der Waals surface area contributed by atoms with Crippen LogP contribution in [0.3, 0.4) is 0 Å². The van der Waals surface area contributed by atoms with E-state index in [4.69, 9.17) is 19.1 Å². The molecule has 1 aliphatic rings. The smallest absolute Gasteiger partial charge is 0.420 e. The summed E-state index contributed by atoms with van der Waals surface area (Å²) in [4.78, 5) is 10.8. The SMILES string of the molecule is O=C(O)c1cc(-c2ccc(C(F)(F)F)c3c2OCCCO3)on1. The number of rotatable bonds is 2. The highest BCUT2D eigenvalue weighted by Crippen LogP contribution is 2.47. The molecule has 122 valence electrons. The topological polar surface area (TPSA) is 81.8 Å². The van der Waals surface area contributed by atoms with E-state index in [1.807, 2.05) is 0 Å². The van der Waals surface area contributed by atoms with Crippen molar-refractivity contribution in [2.24, 2.45) is 0 Å². The van der Waals surface area contributed by atoms with Crippen LogP contribution in [0.2, 0.25) is 0 Å². The summed E-state index contributed by atoms with van der Waals surface area (Å²) in [5, 5.41) is 12.2. The van der Waals surface area contributed by atoms with E-state index in [1.165, 1.54) is 0 Å². The van der Waals surface area contributed by atoms with E-state index in [-0.39, 0.29) is 36.0 Å². The molecule has 0 unspecified atom stereocenters. The Bertz CT molecular complexity index is 753. The second kappa shape index (κ2) is 5.49. The normalized spacial score (nSPS) is 14.4. The first-order valence-electron chi connectivity index (χ1n) is 6.58. The molecule has 1 aliphatic heterocycles. The van der Waals surface area contributed by atoms with Gasteiger partial charge in [-0.3, -0.25) is 0 Å². The van der Waals surface area contributed by atoms with E-state index in [9.17, 15) is 18.0 Å². The Kier molecular flexibility index (Phi) is 3.63. The van der Waals surface area contributed by atoms with Gasteiger partial charge in [-0.25, -0.2) is 4.79 Å². The number of carbonyl (C=O) groups is 1. The van der Waals surface area contributed by atoms with Crippen molar-refractivity contribution in [2.75, 3.05) is 13.2 Å². The lowest BCUT2D eigenvalue weighted by Crippen LogP contribution is -2.09. The predicted molar refractivity (Wildman–Crippen MR) is 69.5 cm³/mol. The second-order valence-electron chi connectivity index (χ2n) is 4.75. The van der Waals surface area contributed by atoms with Crippen molar-refractivity contribution < 1.29 is 37.1 Å². The van der Waals surface area contributed by atoms with Gasteiger partial charge in [0.05, 0.1) is 18.8 Å². The van der Waals surface area contributed by atoms with Crippen molar-refractivity contribution in [2.45, 2.75) is 12.6 Å². The van der Waals surface area contributed by atoms with Gasteiger partial charge >= 0.3 is 12.1 Å². The average Bonchev–Trinajstić information content (AvgIpc) is 2.84. The number of alkyl halides is 3. The molecular weight excluding hydrogens is 319 g/mol. The summed E-state index contributed by atoms with van der Waals surface area (Å²) in [7, 11) is 0. The molecular formula is C14H10F3NO5. The van der Waals surface area contributed by atoms with Gasteiger partial charge < -0.3 is 19.1 Å². The largest absolute Gasteiger partial charge is 0.489 e. The van der Waals surface area contributed by atoms with Crippen LogP contribution in [0.5, 0.6) is 11.5 Å². The zero-order valence-corrected chi connectivity index (χ0v) is 11.5. The first-order chi connectivity index (χ1) is 10.9. The Balaban J connectivity index is 2.16. The third-order valence-electron chi connectivity index (χ3n) is 3.19. The monoisotopic (exact) mass is 329 g/mol. The quantitative estimate of drug-likeness (QED) is 0.911. The molecule has 1 N–H and O–H groups in total. The fourth-order valence-corrected chi connectivity index (χ4v) is 2.18. The van der Waals surface area contributed by atoms with Gasteiger partial charge in [-0.05, 0) is 12.1 Å². The number of aromatic carboxylic acids is 1. The lowest BCUT2D eigenvalue weighted by molar-refractivity contribution is -0.139. The van der Waals surface area contributed by atoms with E-state index in [0.29, 0.717) is 6.42 Å². The molecule has 2 aromatic rings. The molecule has 0 aliphatic carbocycles. The second-order valence-corrected chi connectivity index (χ2v) is 4.75. The molecule has 6 nitrogen and oxygen atoms in total. The molecule has 3 rings (SSSR count). The van der Waals surface area contributed by atoms with Crippen LogP contribution < -0.4 is 9.47 Å². The molecule has 9 heteroatoms. The van der Waals surface area contributed by atoms with Crippen LogP contribution in [0.15, 0.2) is 22.7 Å². The zero-order chi connectivity index (χ0) is 16.6. The molecule has 0 saturated carbocycles. The molecule has 1 aromatic heterocycles. The number of benzene rings is 1. The highest BCUT2D eigenvalue weighted by molar-refractivity contribution is 5.87. The standard InChI is InChI=1S/C14H10F3NO5/c15-14(16,17)8-3-2-7(10-6-9(13(19)20)18-23-10)11-12(8)22-5-1-4-21-11/h2-3,6H,1,4-5H2,(H,19,20). The summed E-state index contributed by atoms with van der Waals surface area (Å²) < 4.78 is 54.8. The van der Waals surface area contributed by atoms with Crippen molar-refractivity contribution in [3.8, 4) is 22.8 Å². The van der Waals surface area contributed by atoms with Crippen LogP contribution in [0.4, 0.5) is 13.2 Å². The Morgan fingerprint density at radius 2 is 1.87 bits per heavy atom. The van der Waals surface area contributed by atoms with Gasteiger partial charge in [0.15, 0.2) is 23.0 Å². The fraction of sp³-hybridized carbons (Fsp3) is 0.286. The lowest BCUT2D eigenvalue weighted by atomic mass is 10.1. The van der Waals surface area contributed by atoms with Crippen molar-refractivity contribution in [1.82, 2.24) is 5.16 Å². The maximum Gasteiger partial charge on any atom is 0.420 e. The van der Waals surface area contributed by atoms with Gasteiger partial charge in [-0.15, -0.1) is 0 Å². The van der Waals surface area contributed by atoms with Crippen molar-refractivity contribution in [3.63, 3.8) is 0 Å². The minimum absolute atomic E-state index is 0.0159. The minimum atomic E-state index is -4.61. The Morgan fingerprint density at radius 1 is 1.17 bits per heavy atom. The van der Waals surface area contributed by atoms with E-state index >= 15 is 0 Å². The van der Waals surface area contributed by atoms with Gasteiger partial charge in [0, 0.05) is 12.5 Å². The first kappa shape index (κ1) is 15.2. The first-order valence-corrected chi connectivity index (χ1v) is 6.58. The van der Waals surface area contributed by atoms with Crippen molar-refractivity contribution in [1.29, 1.82) is 0 Å². The lowest BCUT2D eigenvalue weighted by Gasteiger charge is -2.16. The number of fused-ring (bicyclic) bond motifs is 1. The molecule has 0 bridgehead atoms. The maximum absolute atomic E-state index is 13.1. The third-order valence-corrected chi connectivity index (χ3v) is 3.19. The van der Waals surface area contributed by atoms with Crippen LogP contribution in [-0.4, -0.2) is 29.4 Å². The number of aromatic nitrogens is 1. The molecule has 0 atom stereocenters. The Hall–Kier alpha value is -2.71. The number of ether oxygens (including phenoxy) is 2. The summed E-state index contributed by atoms with van der Waals surface area (Å²) >= 11 is 0. The molecule has 0 amide bonds. The number of hydrogen-bond acceptors (Lipinski definition) is 5. The summed E-state index contributed by atoms with van der Waals surface area (Å²) in [6, 6.07) is 3.09. The molecule has 0 spiro atoms. The Morgan fingerprint density at radius 3 is 2.48 bits per heavy atom. The van der Waals surface area contributed by atoms with E-state index in [2.05, 4.69) is 5.16 Å². The van der Waals surface area contributed by atoms with Crippen LogP contribution in [0, 0.1) is 0 Å². The molecule has 23 heavy (non-hydrogen) atoms. The molecule has 1 aromatic carbocycles. The van der Waals surface area contributed by atoms with E-state index in [0.717, 1.165) is 18.2 Å². The zero-order valence-electron chi connectivity index (χ0n) is 11.5. The predicted octanol–water partition coefficient (Wildman–Crippen LogP) is 3.22. The number of hydrogen-bond donors (Lipinski definition) is 1. The molecule has 0 fully saturated rings. The van der Waals surface area contributed by atoms with Gasteiger partial charge in [-0.2, -0.15) is 13.2 Å². The highest BCUT2D eigenvalue weighted by Gasteiger charge is 2.38. The number of nitrogens with zero attached hydrogens (tertiary/aromatic N) is 1. The summed E-state index contributed by atoms with van der Waals surface area (Å²) in [6.45, 7) is 0.248. The number of carboxylic acids is 1. The van der Waals surface area contributed by atoms with Crippen LogP contribution >= 0.6 is 0 Å². The minimum Gasteiger partial charge on any atom is -0.489 e.